The Morgan fingerprint density at radius 3 is 2.65 bits per heavy atom. The lowest BCUT2D eigenvalue weighted by atomic mass is 10.2. The second kappa shape index (κ2) is 7.09. The molecule has 0 aliphatic carbocycles. The lowest BCUT2D eigenvalue weighted by Crippen LogP contribution is -2.34. The van der Waals surface area contributed by atoms with Crippen LogP contribution in [0.5, 0.6) is 0 Å². The molecule has 1 amide bonds. The van der Waals surface area contributed by atoms with Crippen molar-refractivity contribution in [2.75, 3.05) is 13.1 Å². The summed E-state index contributed by atoms with van der Waals surface area (Å²) in [6.07, 6.45) is 0.557. The summed E-state index contributed by atoms with van der Waals surface area (Å²) in [4.78, 5) is 27.6. The van der Waals surface area contributed by atoms with Crippen molar-refractivity contribution in [3.8, 4) is 0 Å². The van der Waals surface area contributed by atoms with E-state index in [0.29, 0.717) is 41.8 Å². The first-order valence-corrected chi connectivity index (χ1v) is 9.56. The summed E-state index contributed by atoms with van der Waals surface area (Å²) in [5.41, 5.74) is 0.909. The first kappa shape index (κ1) is 17.1. The third kappa shape index (κ3) is 3.32. The fourth-order valence-corrected chi connectivity index (χ4v) is 4.12. The van der Waals surface area contributed by atoms with Crippen LogP contribution in [0.3, 0.4) is 0 Å². The number of carbonyl (C=O) groups excluding carboxylic acids is 1. The summed E-state index contributed by atoms with van der Waals surface area (Å²) in [7, 11) is 0. The zero-order chi connectivity index (χ0) is 18.1. The van der Waals surface area contributed by atoms with Crippen LogP contribution in [-0.4, -0.2) is 38.2 Å². The van der Waals surface area contributed by atoms with E-state index in [4.69, 9.17) is 11.6 Å². The van der Waals surface area contributed by atoms with E-state index in [0.717, 1.165) is 11.4 Å². The second-order valence-electron chi connectivity index (χ2n) is 6.14. The SMILES string of the molecule is O=C(c1ccc(Cl)s1)N1CCc2nn(Cc3ccccc3)c(=O)n2CC1. The van der Waals surface area contributed by atoms with Crippen LogP contribution in [0.4, 0.5) is 0 Å². The van der Waals surface area contributed by atoms with Crippen LogP contribution in [0, 0.1) is 0 Å². The largest absolute Gasteiger partial charge is 0.346 e. The Balaban J connectivity index is 1.51. The van der Waals surface area contributed by atoms with E-state index >= 15 is 0 Å². The van der Waals surface area contributed by atoms with E-state index in [9.17, 15) is 9.59 Å². The van der Waals surface area contributed by atoms with Crippen molar-refractivity contribution in [3.05, 3.63) is 73.6 Å². The normalized spacial score (nSPS) is 14.1. The summed E-state index contributed by atoms with van der Waals surface area (Å²) in [6, 6.07) is 13.3. The van der Waals surface area contributed by atoms with Gasteiger partial charge in [-0.15, -0.1) is 11.3 Å². The predicted molar refractivity (Wildman–Crippen MR) is 101 cm³/mol. The van der Waals surface area contributed by atoms with Gasteiger partial charge >= 0.3 is 5.69 Å². The summed E-state index contributed by atoms with van der Waals surface area (Å²) in [5, 5.41) is 4.49. The number of hydrogen-bond acceptors (Lipinski definition) is 4. The third-order valence-corrected chi connectivity index (χ3v) is 5.66. The zero-order valence-electron chi connectivity index (χ0n) is 14.0. The molecule has 6 nitrogen and oxygen atoms in total. The molecule has 1 aliphatic heterocycles. The molecule has 0 N–H and O–H groups in total. The average Bonchev–Trinajstić information content (AvgIpc) is 3.12. The van der Waals surface area contributed by atoms with Crippen molar-refractivity contribution < 1.29 is 4.79 Å². The molecule has 0 saturated heterocycles. The van der Waals surface area contributed by atoms with Crippen molar-refractivity contribution in [1.29, 1.82) is 0 Å². The number of halogens is 1. The number of fused-ring (bicyclic) bond motifs is 1. The van der Waals surface area contributed by atoms with E-state index in [1.54, 1.807) is 21.6 Å². The quantitative estimate of drug-likeness (QED) is 0.692. The second-order valence-corrected chi connectivity index (χ2v) is 7.85. The molecule has 0 saturated carbocycles. The van der Waals surface area contributed by atoms with E-state index in [1.807, 2.05) is 30.3 Å². The molecular weight excluding hydrogens is 372 g/mol. The molecule has 0 atom stereocenters. The average molecular weight is 389 g/mol. The minimum Gasteiger partial charge on any atom is -0.336 e. The summed E-state index contributed by atoms with van der Waals surface area (Å²) in [6.45, 7) is 1.93. The smallest absolute Gasteiger partial charge is 0.336 e. The van der Waals surface area contributed by atoms with Crippen molar-refractivity contribution >= 4 is 28.8 Å². The van der Waals surface area contributed by atoms with Crippen LogP contribution < -0.4 is 5.69 Å². The van der Waals surface area contributed by atoms with Crippen LogP contribution >= 0.6 is 22.9 Å². The third-order valence-electron chi connectivity index (χ3n) is 4.44. The van der Waals surface area contributed by atoms with Crippen LogP contribution in [0.2, 0.25) is 4.34 Å². The first-order valence-electron chi connectivity index (χ1n) is 8.37. The Bertz CT molecular complexity index is 992. The van der Waals surface area contributed by atoms with E-state index < -0.39 is 0 Å². The van der Waals surface area contributed by atoms with Gasteiger partial charge in [-0.1, -0.05) is 41.9 Å². The first-order chi connectivity index (χ1) is 12.6. The molecule has 8 heteroatoms. The molecule has 134 valence electrons. The molecule has 0 bridgehead atoms. The number of aromatic nitrogens is 3. The molecule has 3 aromatic rings. The fraction of sp³-hybridized carbons (Fsp3) is 0.278. The minimum atomic E-state index is -0.127. The Morgan fingerprint density at radius 1 is 1.12 bits per heavy atom. The molecule has 0 radical (unpaired) electrons. The van der Waals surface area contributed by atoms with Gasteiger partial charge in [0, 0.05) is 26.1 Å². The van der Waals surface area contributed by atoms with Gasteiger partial charge in [-0.3, -0.25) is 9.36 Å². The maximum absolute atomic E-state index is 12.7. The molecule has 3 heterocycles. The number of hydrogen-bond donors (Lipinski definition) is 0. The maximum atomic E-state index is 12.7. The zero-order valence-corrected chi connectivity index (χ0v) is 15.5. The van der Waals surface area contributed by atoms with Gasteiger partial charge in [0.05, 0.1) is 15.8 Å². The molecule has 0 fully saturated rings. The van der Waals surface area contributed by atoms with Gasteiger partial charge in [0.2, 0.25) is 0 Å². The van der Waals surface area contributed by atoms with Crippen molar-refractivity contribution in [2.45, 2.75) is 19.5 Å². The molecule has 2 aromatic heterocycles. The van der Waals surface area contributed by atoms with Crippen LogP contribution in [-0.2, 0) is 19.5 Å². The van der Waals surface area contributed by atoms with Crippen LogP contribution in [0.1, 0.15) is 21.1 Å². The maximum Gasteiger partial charge on any atom is 0.346 e. The predicted octanol–water partition coefficient (Wildman–Crippen LogP) is 2.51. The number of rotatable bonds is 3. The molecule has 0 unspecified atom stereocenters. The highest BCUT2D eigenvalue weighted by molar-refractivity contribution is 7.17. The van der Waals surface area contributed by atoms with Gasteiger partial charge < -0.3 is 4.90 Å². The monoisotopic (exact) mass is 388 g/mol. The Hall–Kier alpha value is -2.38. The van der Waals surface area contributed by atoms with Gasteiger partial charge in [0.25, 0.3) is 5.91 Å². The molecule has 0 spiro atoms. The lowest BCUT2D eigenvalue weighted by molar-refractivity contribution is 0.0763. The van der Waals surface area contributed by atoms with Gasteiger partial charge in [0.1, 0.15) is 5.82 Å². The number of benzene rings is 1. The Kier molecular flexibility index (Phi) is 4.65. The van der Waals surface area contributed by atoms with Crippen molar-refractivity contribution in [3.63, 3.8) is 0 Å². The highest BCUT2D eigenvalue weighted by Crippen LogP contribution is 2.23. The Labute approximate surface area is 159 Å². The van der Waals surface area contributed by atoms with Crippen LogP contribution in [0.25, 0.3) is 0 Å². The number of thiophene rings is 1. The van der Waals surface area contributed by atoms with E-state index in [1.165, 1.54) is 16.0 Å². The highest BCUT2D eigenvalue weighted by Gasteiger charge is 2.24. The molecule has 4 rings (SSSR count). The number of carbonyl (C=O) groups is 1. The molecule has 1 aliphatic rings. The molecular formula is C18H17ClN4O2S. The van der Waals surface area contributed by atoms with E-state index in [2.05, 4.69) is 5.10 Å². The Morgan fingerprint density at radius 2 is 1.92 bits per heavy atom. The van der Waals surface area contributed by atoms with E-state index in [-0.39, 0.29) is 11.6 Å². The fourth-order valence-electron chi connectivity index (χ4n) is 3.11. The van der Waals surface area contributed by atoms with Gasteiger partial charge in [-0.25, -0.2) is 9.48 Å². The van der Waals surface area contributed by atoms with Gasteiger partial charge in [-0.2, -0.15) is 5.10 Å². The topological polar surface area (TPSA) is 60.1 Å². The lowest BCUT2D eigenvalue weighted by Gasteiger charge is -2.18. The minimum absolute atomic E-state index is 0.0442. The van der Waals surface area contributed by atoms with Gasteiger partial charge in [0.15, 0.2) is 0 Å². The van der Waals surface area contributed by atoms with Crippen molar-refractivity contribution in [1.82, 2.24) is 19.2 Å². The van der Waals surface area contributed by atoms with Gasteiger partial charge in [-0.05, 0) is 17.7 Å². The molecule has 26 heavy (non-hydrogen) atoms. The van der Waals surface area contributed by atoms with Crippen molar-refractivity contribution in [2.24, 2.45) is 0 Å². The summed E-state index contributed by atoms with van der Waals surface area (Å²) in [5.74, 6) is 0.683. The molecule has 1 aromatic carbocycles. The number of nitrogens with zero attached hydrogens (tertiary/aromatic N) is 4. The summed E-state index contributed by atoms with van der Waals surface area (Å²) < 4.78 is 3.78. The summed E-state index contributed by atoms with van der Waals surface area (Å²) >= 11 is 7.20. The standard InChI is InChI=1S/C18H17ClN4O2S/c19-15-7-6-14(26-15)17(24)21-9-8-16-20-23(18(25)22(16)11-10-21)12-13-4-2-1-3-5-13/h1-7H,8-12H2. The highest BCUT2D eigenvalue weighted by atomic mass is 35.5. The number of amides is 1. The van der Waals surface area contributed by atoms with Crippen LogP contribution in [0.15, 0.2) is 47.3 Å².